The predicted octanol–water partition coefficient (Wildman–Crippen LogP) is 2.42. The van der Waals surface area contributed by atoms with Crippen molar-refractivity contribution in [3.63, 3.8) is 0 Å². The first-order chi connectivity index (χ1) is 14.7. The van der Waals surface area contributed by atoms with Crippen molar-refractivity contribution in [2.75, 3.05) is 18.6 Å². The summed E-state index contributed by atoms with van der Waals surface area (Å²) in [7, 11) is 1.86. The van der Waals surface area contributed by atoms with Gasteiger partial charge >= 0.3 is 6.18 Å². The number of anilines is 1. The summed E-state index contributed by atoms with van der Waals surface area (Å²) in [6, 6.07) is 9.71. The van der Waals surface area contributed by atoms with Crippen LogP contribution in [0.5, 0.6) is 0 Å². The fraction of sp³-hybridized carbons (Fsp3) is 0.381. The number of nitrogens with one attached hydrogen (secondary N) is 3. The second-order valence-corrected chi connectivity index (χ2v) is 8.18. The maximum absolute atomic E-state index is 13.4. The summed E-state index contributed by atoms with van der Waals surface area (Å²) < 4.78 is 53.3. The highest BCUT2D eigenvalue weighted by Gasteiger charge is 2.56. The molecule has 3 heterocycles. The van der Waals surface area contributed by atoms with Gasteiger partial charge in [0, 0.05) is 31.6 Å². The van der Waals surface area contributed by atoms with Gasteiger partial charge < -0.3 is 0 Å². The number of rotatable bonds is 2. The Morgan fingerprint density at radius 2 is 1.84 bits per heavy atom. The zero-order valence-corrected chi connectivity index (χ0v) is 16.5. The van der Waals surface area contributed by atoms with E-state index in [9.17, 15) is 22.4 Å². The number of fused-ring (bicyclic) bond motifs is 3. The molecular weight excluding hydrogens is 414 g/mol. The van der Waals surface area contributed by atoms with E-state index in [0.29, 0.717) is 17.8 Å². The molecule has 2 aromatic rings. The minimum atomic E-state index is -4.48. The lowest BCUT2D eigenvalue weighted by atomic mass is 9.76. The molecule has 2 aromatic carbocycles. The number of hydrogen-bond donors (Lipinski definition) is 3. The average Bonchev–Trinajstić information content (AvgIpc) is 3.28. The average molecular weight is 435 g/mol. The van der Waals surface area contributed by atoms with Crippen LogP contribution in [0.3, 0.4) is 0 Å². The zero-order chi connectivity index (χ0) is 21.9. The quantitative estimate of drug-likeness (QED) is 0.633. The maximum Gasteiger partial charge on any atom is 0.416 e. The van der Waals surface area contributed by atoms with Crippen molar-refractivity contribution >= 4 is 11.6 Å². The van der Waals surface area contributed by atoms with Gasteiger partial charge in [0.15, 0.2) is 0 Å². The van der Waals surface area contributed by atoms with Gasteiger partial charge in [-0.2, -0.15) is 13.2 Å². The molecule has 1 amide bonds. The summed E-state index contributed by atoms with van der Waals surface area (Å²) in [4.78, 5) is 13.4. The Balaban J connectivity index is 1.54. The van der Waals surface area contributed by atoms with Crippen molar-refractivity contribution in [1.29, 1.82) is 0 Å². The maximum atomic E-state index is 13.4. The molecule has 5 rings (SSSR count). The van der Waals surface area contributed by atoms with Crippen LogP contribution in [-0.2, 0) is 11.0 Å². The highest BCUT2D eigenvalue weighted by Crippen LogP contribution is 2.43. The van der Waals surface area contributed by atoms with Gasteiger partial charge in [-0.1, -0.05) is 12.1 Å². The number of hydrazine groups is 2. The number of halogens is 4. The van der Waals surface area contributed by atoms with Crippen LogP contribution in [0.1, 0.15) is 17.2 Å². The Hall–Kier alpha value is -2.53. The van der Waals surface area contributed by atoms with Crippen molar-refractivity contribution < 1.29 is 22.4 Å². The molecule has 0 bridgehead atoms. The van der Waals surface area contributed by atoms with Gasteiger partial charge in [-0.25, -0.2) is 19.8 Å². The first-order valence-corrected chi connectivity index (χ1v) is 9.99. The summed E-state index contributed by atoms with van der Waals surface area (Å²) >= 11 is 0. The molecule has 5 atom stereocenters. The van der Waals surface area contributed by atoms with Gasteiger partial charge in [0.05, 0.1) is 23.3 Å². The molecule has 3 saturated heterocycles. The lowest BCUT2D eigenvalue weighted by Gasteiger charge is -2.42. The Morgan fingerprint density at radius 1 is 1.10 bits per heavy atom. The molecule has 3 aliphatic heterocycles. The van der Waals surface area contributed by atoms with Gasteiger partial charge in [-0.15, -0.1) is 0 Å². The van der Waals surface area contributed by atoms with Crippen LogP contribution < -0.4 is 21.2 Å². The Labute approximate surface area is 176 Å². The fourth-order valence-corrected chi connectivity index (χ4v) is 4.90. The highest BCUT2D eigenvalue weighted by atomic mass is 19.4. The number of carbonyl (C=O) groups is 1. The number of carbonyl (C=O) groups excluding carboxylic acids is 1. The molecule has 31 heavy (non-hydrogen) atoms. The van der Waals surface area contributed by atoms with E-state index >= 15 is 0 Å². The summed E-state index contributed by atoms with van der Waals surface area (Å²) in [5.74, 6) is -1.30. The van der Waals surface area contributed by atoms with Crippen LogP contribution in [0.25, 0.3) is 0 Å². The normalized spacial score (nSPS) is 31.1. The van der Waals surface area contributed by atoms with Gasteiger partial charge in [-0.3, -0.25) is 15.5 Å². The van der Waals surface area contributed by atoms with E-state index < -0.39 is 29.5 Å². The number of nitrogens with zero attached hydrogens (tertiary/aromatic N) is 2. The van der Waals surface area contributed by atoms with E-state index in [1.54, 1.807) is 6.07 Å². The van der Waals surface area contributed by atoms with Gasteiger partial charge in [0.25, 0.3) is 0 Å². The van der Waals surface area contributed by atoms with Crippen LogP contribution in [0.15, 0.2) is 48.5 Å². The molecule has 0 aliphatic carbocycles. The Bertz CT molecular complexity index is 998. The standard InChI is InChI=1S/C21H21F4N5O/c1-29-19-15(10-26-29)18-16(20(31)30(28-18)14-7-5-13(22)6-8-14)17(27-19)11-3-2-4-12(9-11)21(23,24)25/h2-9,15-19,26-28H,10H2,1H3. The Morgan fingerprint density at radius 3 is 2.55 bits per heavy atom. The number of hydrogen-bond acceptors (Lipinski definition) is 5. The molecular formula is C21H21F4N5O. The molecule has 0 aromatic heterocycles. The Kier molecular flexibility index (Phi) is 4.78. The van der Waals surface area contributed by atoms with Crippen LogP contribution in [0, 0.1) is 17.7 Å². The van der Waals surface area contributed by atoms with Crippen LogP contribution in [0.2, 0.25) is 0 Å². The number of benzene rings is 2. The van der Waals surface area contributed by atoms with E-state index in [-0.39, 0.29) is 24.0 Å². The molecule has 164 valence electrons. The molecule has 0 radical (unpaired) electrons. The largest absolute Gasteiger partial charge is 0.416 e. The van der Waals surface area contributed by atoms with E-state index in [2.05, 4.69) is 16.2 Å². The van der Waals surface area contributed by atoms with Crippen LogP contribution in [-0.4, -0.2) is 36.7 Å². The molecule has 0 spiro atoms. The lowest BCUT2D eigenvalue weighted by Crippen LogP contribution is -2.59. The minimum Gasteiger partial charge on any atom is -0.293 e. The number of amides is 1. The van der Waals surface area contributed by atoms with E-state index in [1.807, 2.05) is 12.1 Å². The zero-order valence-electron chi connectivity index (χ0n) is 16.5. The molecule has 3 aliphatic rings. The molecule has 5 unspecified atom stereocenters. The number of alkyl halides is 3. The molecule has 3 N–H and O–H groups in total. The van der Waals surface area contributed by atoms with Gasteiger partial charge in [-0.05, 0) is 42.0 Å². The molecule has 10 heteroatoms. The topological polar surface area (TPSA) is 59.6 Å². The third kappa shape index (κ3) is 3.39. The minimum absolute atomic E-state index is 0.00597. The summed E-state index contributed by atoms with van der Waals surface area (Å²) in [5, 5.41) is 6.66. The number of piperidine rings is 1. The van der Waals surface area contributed by atoms with Crippen molar-refractivity contribution in [2.24, 2.45) is 11.8 Å². The second-order valence-electron chi connectivity index (χ2n) is 8.18. The SMILES string of the molecule is CN1NCC2C3NN(c4ccc(F)cc4)C(=O)C3C(c3cccc(C(F)(F)F)c3)NC21. The third-order valence-corrected chi connectivity index (χ3v) is 6.40. The van der Waals surface area contributed by atoms with Gasteiger partial charge in [0.1, 0.15) is 5.82 Å². The first kappa shape index (κ1) is 20.4. The predicted molar refractivity (Wildman–Crippen MR) is 105 cm³/mol. The van der Waals surface area contributed by atoms with Crippen molar-refractivity contribution in [3.05, 3.63) is 65.5 Å². The molecule has 3 fully saturated rings. The van der Waals surface area contributed by atoms with E-state index in [0.717, 1.165) is 12.1 Å². The van der Waals surface area contributed by atoms with Gasteiger partial charge in [0.2, 0.25) is 5.91 Å². The summed E-state index contributed by atoms with van der Waals surface area (Å²) in [5.41, 5.74) is 6.61. The molecule has 6 nitrogen and oxygen atoms in total. The molecule has 0 saturated carbocycles. The first-order valence-electron chi connectivity index (χ1n) is 9.99. The van der Waals surface area contributed by atoms with Crippen molar-refractivity contribution in [3.8, 4) is 0 Å². The van der Waals surface area contributed by atoms with Crippen LogP contribution >= 0.6 is 0 Å². The van der Waals surface area contributed by atoms with Crippen molar-refractivity contribution in [2.45, 2.75) is 24.4 Å². The van der Waals surface area contributed by atoms with Crippen LogP contribution in [0.4, 0.5) is 23.2 Å². The van der Waals surface area contributed by atoms with Crippen molar-refractivity contribution in [1.82, 2.24) is 21.2 Å². The summed E-state index contributed by atoms with van der Waals surface area (Å²) in [6.45, 7) is 0.613. The van der Waals surface area contributed by atoms with E-state index in [4.69, 9.17) is 0 Å². The summed E-state index contributed by atoms with van der Waals surface area (Å²) in [6.07, 6.45) is -4.65. The third-order valence-electron chi connectivity index (χ3n) is 6.40. The second kappa shape index (κ2) is 7.27. The van der Waals surface area contributed by atoms with E-state index in [1.165, 1.54) is 35.3 Å². The highest BCUT2D eigenvalue weighted by molar-refractivity contribution is 5.97. The fourth-order valence-electron chi connectivity index (χ4n) is 4.90. The smallest absolute Gasteiger partial charge is 0.293 e. The monoisotopic (exact) mass is 435 g/mol. The lowest BCUT2D eigenvalue weighted by molar-refractivity contribution is -0.137.